The Morgan fingerprint density at radius 1 is 1.47 bits per heavy atom. The van der Waals surface area contributed by atoms with Crippen LogP contribution >= 0.6 is 23.1 Å². The molecular weight excluding hydrogens is 312 g/mol. The first-order valence-electron chi connectivity index (χ1n) is 5.00. The van der Waals surface area contributed by atoms with Gasteiger partial charge in [0.2, 0.25) is 10.0 Å². The zero-order valence-electron chi connectivity index (χ0n) is 9.66. The number of carbonyl (C=O) groups excluding carboxylic acids is 1. The van der Waals surface area contributed by atoms with E-state index in [4.69, 9.17) is 10.2 Å². The third-order valence-corrected chi connectivity index (χ3v) is 5.21. The molecule has 7 nitrogen and oxygen atoms in total. The summed E-state index contributed by atoms with van der Waals surface area (Å²) in [6, 6.07) is 1.21. The van der Waals surface area contributed by atoms with E-state index in [2.05, 4.69) is 5.32 Å². The standard InChI is InChI=1S/C9H12N2O5S3/c10-19(15,16)8-3-6(4-18-8)9(14)11-1-2-17-5-7(12)13/h3-4H,1-2,5H2,(H,11,14)(H,12,13)(H2,10,15,16). The number of carbonyl (C=O) groups is 2. The summed E-state index contributed by atoms with van der Waals surface area (Å²) in [6.07, 6.45) is 0. The third-order valence-electron chi connectivity index (χ3n) is 1.88. The lowest BCUT2D eigenvalue weighted by atomic mass is 10.3. The molecule has 0 aliphatic rings. The van der Waals surface area contributed by atoms with E-state index in [1.165, 1.54) is 23.2 Å². The van der Waals surface area contributed by atoms with Crippen LogP contribution < -0.4 is 10.5 Å². The van der Waals surface area contributed by atoms with E-state index in [0.717, 1.165) is 11.3 Å². The Hall–Kier alpha value is -1.10. The van der Waals surface area contributed by atoms with E-state index < -0.39 is 21.9 Å². The zero-order chi connectivity index (χ0) is 14.5. The van der Waals surface area contributed by atoms with Crippen LogP contribution in [0.3, 0.4) is 0 Å². The molecular formula is C9H12N2O5S3. The van der Waals surface area contributed by atoms with Gasteiger partial charge in [-0.05, 0) is 6.07 Å². The van der Waals surface area contributed by atoms with Gasteiger partial charge in [-0.2, -0.15) is 0 Å². The van der Waals surface area contributed by atoms with Crippen LogP contribution in [-0.2, 0) is 14.8 Å². The van der Waals surface area contributed by atoms with Gasteiger partial charge in [0.25, 0.3) is 5.91 Å². The second kappa shape index (κ2) is 6.89. The first-order chi connectivity index (χ1) is 8.80. The highest BCUT2D eigenvalue weighted by atomic mass is 32.2. The molecule has 19 heavy (non-hydrogen) atoms. The van der Waals surface area contributed by atoms with E-state index >= 15 is 0 Å². The van der Waals surface area contributed by atoms with Crippen LogP contribution in [0.4, 0.5) is 0 Å². The van der Waals surface area contributed by atoms with Crippen molar-refractivity contribution < 1.29 is 23.1 Å². The number of sulfonamides is 1. The summed E-state index contributed by atoms with van der Waals surface area (Å²) < 4.78 is 22.0. The highest BCUT2D eigenvalue weighted by molar-refractivity contribution is 7.99. The smallest absolute Gasteiger partial charge is 0.313 e. The largest absolute Gasteiger partial charge is 0.481 e. The number of carboxylic acid groups (broad SMARTS) is 1. The fourth-order valence-electron chi connectivity index (χ4n) is 1.08. The quantitative estimate of drug-likeness (QED) is 0.603. The van der Waals surface area contributed by atoms with Crippen LogP contribution in [-0.4, -0.2) is 43.5 Å². The van der Waals surface area contributed by atoms with Crippen LogP contribution in [0.1, 0.15) is 10.4 Å². The molecule has 0 spiro atoms. The Balaban J connectivity index is 2.42. The number of hydrogen-bond acceptors (Lipinski definition) is 6. The Bertz CT molecular complexity index is 566. The summed E-state index contributed by atoms with van der Waals surface area (Å²) in [5, 5.41) is 17.3. The van der Waals surface area contributed by atoms with Crippen molar-refractivity contribution in [1.29, 1.82) is 0 Å². The second-order valence-corrected chi connectivity index (χ2v) is 7.21. The molecule has 0 aliphatic carbocycles. The van der Waals surface area contributed by atoms with Crippen molar-refractivity contribution in [3.63, 3.8) is 0 Å². The van der Waals surface area contributed by atoms with Crippen molar-refractivity contribution in [3.8, 4) is 0 Å². The summed E-state index contributed by atoms with van der Waals surface area (Å²) in [5.41, 5.74) is 0.220. The number of thiophene rings is 1. The number of carboxylic acids is 1. The van der Waals surface area contributed by atoms with E-state index in [-0.39, 0.29) is 15.5 Å². The minimum absolute atomic E-state index is 0.0239. The third kappa shape index (κ3) is 5.59. The van der Waals surface area contributed by atoms with Gasteiger partial charge in [-0.15, -0.1) is 23.1 Å². The van der Waals surface area contributed by atoms with Crippen LogP contribution in [0.2, 0.25) is 0 Å². The SMILES string of the molecule is NS(=O)(=O)c1cc(C(=O)NCCSCC(=O)O)cs1. The number of amides is 1. The van der Waals surface area contributed by atoms with Crippen molar-refractivity contribution in [2.24, 2.45) is 5.14 Å². The Morgan fingerprint density at radius 3 is 2.68 bits per heavy atom. The molecule has 0 aromatic carbocycles. The number of nitrogens with one attached hydrogen (secondary N) is 1. The fraction of sp³-hybridized carbons (Fsp3) is 0.333. The van der Waals surface area contributed by atoms with Crippen LogP contribution in [0.5, 0.6) is 0 Å². The second-order valence-electron chi connectivity index (χ2n) is 3.40. The Labute approximate surface area is 118 Å². The maximum Gasteiger partial charge on any atom is 0.313 e. The fourth-order valence-corrected chi connectivity index (χ4v) is 3.23. The maximum atomic E-state index is 11.6. The average molecular weight is 324 g/mol. The van der Waals surface area contributed by atoms with Gasteiger partial charge >= 0.3 is 5.97 Å². The molecule has 4 N–H and O–H groups in total. The molecule has 0 bridgehead atoms. The first kappa shape index (κ1) is 16.0. The Kier molecular flexibility index (Phi) is 5.79. The van der Waals surface area contributed by atoms with Gasteiger partial charge in [0.15, 0.2) is 0 Å². The number of rotatable bonds is 7. The zero-order valence-corrected chi connectivity index (χ0v) is 12.1. The lowest BCUT2D eigenvalue weighted by molar-refractivity contribution is -0.133. The molecule has 1 heterocycles. The van der Waals surface area contributed by atoms with Crippen molar-refractivity contribution in [2.75, 3.05) is 18.1 Å². The number of thioether (sulfide) groups is 1. The summed E-state index contributed by atoms with van der Waals surface area (Å²) in [4.78, 5) is 21.9. The van der Waals surface area contributed by atoms with Gasteiger partial charge in [0, 0.05) is 17.7 Å². The van der Waals surface area contributed by atoms with E-state index in [1.807, 2.05) is 0 Å². The molecule has 0 atom stereocenters. The van der Waals surface area contributed by atoms with Gasteiger partial charge < -0.3 is 10.4 Å². The van der Waals surface area contributed by atoms with Gasteiger partial charge in [-0.25, -0.2) is 13.6 Å². The Morgan fingerprint density at radius 2 is 2.16 bits per heavy atom. The molecule has 106 valence electrons. The molecule has 0 radical (unpaired) electrons. The molecule has 1 aromatic rings. The minimum atomic E-state index is -3.79. The summed E-state index contributed by atoms with van der Waals surface area (Å²) >= 11 is 2.06. The number of hydrogen-bond donors (Lipinski definition) is 3. The van der Waals surface area contributed by atoms with Crippen LogP contribution in [0, 0.1) is 0 Å². The van der Waals surface area contributed by atoms with Gasteiger partial charge in [-0.1, -0.05) is 0 Å². The van der Waals surface area contributed by atoms with Gasteiger partial charge in [0.1, 0.15) is 4.21 Å². The molecule has 0 fully saturated rings. The highest BCUT2D eigenvalue weighted by Crippen LogP contribution is 2.18. The average Bonchev–Trinajstić information content (AvgIpc) is 2.76. The number of nitrogens with two attached hydrogens (primary N) is 1. The summed E-state index contributed by atoms with van der Waals surface area (Å²) in [7, 11) is -3.79. The van der Waals surface area contributed by atoms with Crippen molar-refractivity contribution in [3.05, 3.63) is 17.0 Å². The molecule has 10 heteroatoms. The van der Waals surface area contributed by atoms with Gasteiger partial charge in [-0.3, -0.25) is 9.59 Å². The maximum absolute atomic E-state index is 11.6. The van der Waals surface area contributed by atoms with E-state index in [9.17, 15) is 18.0 Å². The summed E-state index contributed by atoms with van der Waals surface area (Å²) in [5.74, 6) is -0.886. The van der Waals surface area contributed by atoms with E-state index in [0.29, 0.717) is 12.3 Å². The lowest BCUT2D eigenvalue weighted by Crippen LogP contribution is -2.25. The first-order valence-corrected chi connectivity index (χ1v) is 8.58. The molecule has 0 saturated heterocycles. The predicted octanol–water partition coefficient (Wildman–Crippen LogP) is -0.0569. The summed E-state index contributed by atoms with van der Waals surface area (Å²) in [6.45, 7) is 0.303. The minimum Gasteiger partial charge on any atom is -0.481 e. The van der Waals surface area contributed by atoms with Crippen LogP contribution in [0.15, 0.2) is 15.7 Å². The number of aliphatic carboxylic acids is 1. The molecule has 0 saturated carbocycles. The molecule has 1 amide bonds. The molecule has 0 aliphatic heterocycles. The van der Waals surface area contributed by atoms with Crippen molar-refractivity contribution in [1.82, 2.24) is 5.32 Å². The predicted molar refractivity (Wildman–Crippen MR) is 73.0 cm³/mol. The van der Waals surface area contributed by atoms with E-state index in [1.54, 1.807) is 0 Å². The normalized spacial score (nSPS) is 11.2. The van der Waals surface area contributed by atoms with Crippen LogP contribution in [0.25, 0.3) is 0 Å². The van der Waals surface area contributed by atoms with Gasteiger partial charge in [0.05, 0.1) is 11.3 Å². The van der Waals surface area contributed by atoms with Crippen molar-refractivity contribution >= 4 is 45.0 Å². The highest BCUT2D eigenvalue weighted by Gasteiger charge is 2.14. The topological polar surface area (TPSA) is 127 Å². The van der Waals surface area contributed by atoms with Crippen molar-refractivity contribution in [2.45, 2.75) is 4.21 Å². The molecule has 1 rings (SSSR count). The number of primary sulfonamides is 1. The molecule has 0 unspecified atom stereocenters. The monoisotopic (exact) mass is 324 g/mol. The lowest BCUT2D eigenvalue weighted by Gasteiger charge is -2.02. The molecule has 1 aromatic heterocycles.